The number of carbonyl (C=O) groups is 1. The first-order valence-electron chi connectivity index (χ1n) is 11.5. The molecule has 7 nitrogen and oxygen atoms in total. The predicted octanol–water partition coefficient (Wildman–Crippen LogP) is 4.27. The van der Waals surface area contributed by atoms with Crippen LogP contribution in [0.2, 0.25) is 0 Å². The number of benzene rings is 2. The van der Waals surface area contributed by atoms with E-state index in [1.165, 1.54) is 6.92 Å². The maximum Gasteiger partial charge on any atom is 0.217 e. The summed E-state index contributed by atoms with van der Waals surface area (Å²) in [5.74, 6) is -0.958. The zero-order valence-corrected chi connectivity index (χ0v) is 20.0. The van der Waals surface area contributed by atoms with Gasteiger partial charge in [0.15, 0.2) is 0 Å². The van der Waals surface area contributed by atoms with E-state index < -0.39 is 17.6 Å². The molecule has 1 N–H and O–H groups in total. The second-order valence-electron chi connectivity index (χ2n) is 8.39. The van der Waals surface area contributed by atoms with E-state index in [-0.39, 0.29) is 26.1 Å². The quantitative estimate of drug-likeness (QED) is 0.343. The van der Waals surface area contributed by atoms with Crippen LogP contribution in [-0.4, -0.2) is 37.7 Å². The largest absolute Gasteiger partial charge is 0.355 e. The first-order chi connectivity index (χ1) is 17.0. The molecule has 0 unspecified atom stereocenters. The topological polar surface area (TPSA) is 89.8 Å². The van der Waals surface area contributed by atoms with E-state index in [1.807, 2.05) is 66.7 Å². The maximum absolute atomic E-state index is 12.1. The molecule has 0 radical (unpaired) electrons. The summed E-state index contributed by atoms with van der Waals surface area (Å²) in [6, 6.07) is 21.9. The van der Waals surface area contributed by atoms with Gasteiger partial charge in [0.2, 0.25) is 5.91 Å². The van der Waals surface area contributed by atoms with Gasteiger partial charge in [-0.25, -0.2) is 0 Å². The Labute approximate surface area is 207 Å². The summed E-state index contributed by atoms with van der Waals surface area (Å²) < 4.78 is 22.8. The average Bonchev–Trinajstić information content (AvgIpc) is 2.87. The summed E-state index contributed by atoms with van der Waals surface area (Å²) in [5.41, 5.74) is 1.76. The number of ether oxygens (including phenoxy) is 4. The highest BCUT2D eigenvalue weighted by molar-refractivity contribution is 5.74. The minimum Gasteiger partial charge on any atom is -0.355 e. The Morgan fingerprint density at radius 3 is 2.17 bits per heavy atom. The zero-order chi connectivity index (χ0) is 24.9. The fraction of sp³-hybridized carbons (Fsp3) is 0.357. The molecule has 1 amide bonds. The highest BCUT2D eigenvalue weighted by Gasteiger charge is 2.46. The summed E-state index contributed by atoms with van der Waals surface area (Å²) in [7, 11) is 0. The molecule has 3 atom stereocenters. The van der Waals surface area contributed by atoms with E-state index in [1.54, 1.807) is 6.08 Å². The minimum absolute atomic E-state index is 0.00935. The molecule has 2 aromatic rings. The summed E-state index contributed by atoms with van der Waals surface area (Å²) >= 11 is 0. The van der Waals surface area contributed by atoms with Crippen molar-refractivity contribution in [2.75, 3.05) is 20.2 Å². The number of carbonyl (C=O) groups excluding carboxylic acids is 1. The van der Waals surface area contributed by atoms with Crippen molar-refractivity contribution in [3.05, 3.63) is 96.1 Å². The predicted molar refractivity (Wildman–Crippen MR) is 132 cm³/mol. The third-order valence-corrected chi connectivity index (χ3v) is 5.75. The number of nitrogens with zero attached hydrogens (tertiary/aromatic N) is 1. The van der Waals surface area contributed by atoms with Gasteiger partial charge in [0.05, 0.1) is 31.4 Å². The standard InChI is InChI=1S/C28H32N2O5/c1-22-13-14-28(30-23(2)31,15-16-32-20-33-18-24-9-5-3-6-10-24)26(17-29)27(22)35-21-34-19-25-11-7-4-8-12-25/h3-14,26-27H,1,15-16,18-21H2,2H3,(H,30,31)/t26-,27-,28+/m0/s1. The van der Waals surface area contributed by atoms with Gasteiger partial charge in [-0.15, -0.1) is 0 Å². The van der Waals surface area contributed by atoms with E-state index >= 15 is 0 Å². The lowest BCUT2D eigenvalue weighted by Gasteiger charge is -2.42. The highest BCUT2D eigenvalue weighted by atomic mass is 16.7. The molecule has 35 heavy (non-hydrogen) atoms. The molecule has 0 aromatic heterocycles. The smallest absolute Gasteiger partial charge is 0.217 e. The van der Waals surface area contributed by atoms with Crippen LogP contribution in [-0.2, 0) is 37.0 Å². The minimum atomic E-state index is -0.967. The van der Waals surface area contributed by atoms with Crippen molar-refractivity contribution in [2.45, 2.75) is 38.2 Å². The van der Waals surface area contributed by atoms with Crippen molar-refractivity contribution in [1.82, 2.24) is 5.32 Å². The van der Waals surface area contributed by atoms with Crippen LogP contribution < -0.4 is 5.32 Å². The number of nitrogens with one attached hydrogen (secondary N) is 1. The van der Waals surface area contributed by atoms with Gasteiger partial charge in [-0.05, 0) is 23.1 Å². The number of nitriles is 1. The van der Waals surface area contributed by atoms with E-state index in [0.717, 1.165) is 11.1 Å². The third-order valence-electron chi connectivity index (χ3n) is 5.75. The van der Waals surface area contributed by atoms with Gasteiger partial charge in [-0.2, -0.15) is 5.26 Å². The third kappa shape index (κ3) is 7.88. The van der Waals surface area contributed by atoms with Crippen LogP contribution in [0.1, 0.15) is 24.5 Å². The second kappa shape index (κ2) is 13.6. The molecule has 0 heterocycles. The zero-order valence-electron chi connectivity index (χ0n) is 20.0. The first kappa shape index (κ1) is 26.3. The molecule has 0 aliphatic heterocycles. The molecule has 0 saturated heterocycles. The lowest BCUT2D eigenvalue weighted by Crippen LogP contribution is -2.57. The monoisotopic (exact) mass is 476 g/mol. The van der Waals surface area contributed by atoms with Crippen LogP contribution in [0.4, 0.5) is 0 Å². The normalized spacial score (nSPS) is 21.4. The molecule has 0 fully saturated rings. The van der Waals surface area contributed by atoms with Gasteiger partial charge < -0.3 is 24.3 Å². The van der Waals surface area contributed by atoms with Crippen LogP contribution in [0.3, 0.4) is 0 Å². The fourth-order valence-electron chi connectivity index (χ4n) is 4.02. The van der Waals surface area contributed by atoms with E-state index in [4.69, 9.17) is 18.9 Å². The van der Waals surface area contributed by atoms with Crippen molar-refractivity contribution < 1.29 is 23.7 Å². The average molecular weight is 477 g/mol. The van der Waals surface area contributed by atoms with Crippen LogP contribution in [0, 0.1) is 17.2 Å². The summed E-state index contributed by atoms with van der Waals surface area (Å²) in [6.45, 7) is 6.67. The van der Waals surface area contributed by atoms with Crippen LogP contribution in [0.25, 0.3) is 0 Å². The van der Waals surface area contributed by atoms with Crippen molar-refractivity contribution in [2.24, 2.45) is 5.92 Å². The number of rotatable bonds is 13. The molecule has 0 bridgehead atoms. The lowest BCUT2D eigenvalue weighted by molar-refractivity contribution is -0.124. The van der Waals surface area contributed by atoms with Gasteiger partial charge in [0.1, 0.15) is 25.6 Å². The van der Waals surface area contributed by atoms with Crippen molar-refractivity contribution in [1.29, 1.82) is 5.26 Å². The van der Waals surface area contributed by atoms with Crippen LogP contribution >= 0.6 is 0 Å². The van der Waals surface area contributed by atoms with Gasteiger partial charge >= 0.3 is 0 Å². The molecular weight excluding hydrogens is 444 g/mol. The van der Waals surface area contributed by atoms with Gasteiger partial charge in [0, 0.05) is 6.92 Å². The Kier molecular flexibility index (Phi) is 10.2. The van der Waals surface area contributed by atoms with Gasteiger partial charge in [-0.3, -0.25) is 4.79 Å². The van der Waals surface area contributed by atoms with E-state index in [9.17, 15) is 10.1 Å². The van der Waals surface area contributed by atoms with Crippen molar-refractivity contribution in [3.63, 3.8) is 0 Å². The van der Waals surface area contributed by atoms with E-state index in [0.29, 0.717) is 25.2 Å². The van der Waals surface area contributed by atoms with Crippen molar-refractivity contribution >= 4 is 5.91 Å². The molecule has 2 aromatic carbocycles. The summed E-state index contributed by atoms with van der Waals surface area (Å²) in [5, 5.41) is 13.0. The Balaban J connectivity index is 1.56. The molecule has 3 rings (SSSR count). The van der Waals surface area contributed by atoms with Crippen molar-refractivity contribution in [3.8, 4) is 6.07 Å². The molecule has 7 heteroatoms. The molecular formula is C28H32N2O5. The van der Waals surface area contributed by atoms with Gasteiger partial charge in [0.25, 0.3) is 0 Å². The Bertz CT molecular complexity index is 1020. The first-order valence-corrected chi connectivity index (χ1v) is 11.5. The number of amides is 1. The van der Waals surface area contributed by atoms with Crippen LogP contribution in [0.15, 0.2) is 85.0 Å². The molecule has 1 aliphatic rings. The molecule has 184 valence electrons. The Morgan fingerprint density at radius 1 is 1.00 bits per heavy atom. The van der Waals surface area contributed by atoms with Gasteiger partial charge in [-0.1, -0.05) is 79.4 Å². The number of hydrogen-bond acceptors (Lipinski definition) is 6. The second-order valence-corrected chi connectivity index (χ2v) is 8.39. The lowest BCUT2D eigenvalue weighted by atomic mass is 9.72. The maximum atomic E-state index is 12.1. The SMILES string of the molecule is C=C1C=C[C@](CCOCOCc2ccccc2)(NC(C)=O)[C@@H](C#N)[C@H]1OCOCc1ccccc1. The molecule has 0 saturated carbocycles. The Morgan fingerprint density at radius 2 is 1.60 bits per heavy atom. The molecule has 1 aliphatic carbocycles. The Hall–Kier alpha value is -3.28. The molecule has 0 spiro atoms. The van der Waals surface area contributed by atoms with E-state index in [2.05, 4.69) is 18.0 Å². The highest BCUT2D eigenvalue weighted by Crippen LogP contribution is 2.36. The summed E-state index contributed by atoms with van der Waals surface area (Å²) in [4.78, 5) is 12.1. The van der Waals surface area contributed by atoms with Crippen LogP contribution in [0.5, 0.6) is 0 Å². The fourth-order valence-corrected chi connectivity index (χ4v) is 4.02. The number of hydrogen-bond donors (Lipinski definition) is 1. The summed E-state index contributed by atoms with van der Waals surface area (Å²) in [6.07, 6.45) is 3.33.